The van der Waals surface area contributed by atoms with E-state index in [0.717, 1.165) is 49.4 Å². The molecule has 3 saturated heterocycles. The molecule has 6 nitrogen and oxygen atoms in total. The van der Waals surface area contributed by atoms with Gasteiger partial charge in [0.05, 0.1) is 37.9 Å². The summed E-state index contributed by atoms with van der Waals surface area (Å²) in [7, 11) is 0. The molecule has 0 aliphatic carbocycles. The maximum atomic E-state index is 12.7. The molecule has 0 saturated carbocycles. The number of hydrogen-bond donors (Lipinski definition) is 1. The molecule has 0 spiro atoms. The van der Waals surface area contributed by atoms with Crippen LogP contribution in [0.5, 0.6) is 0 Å². The Bertz CT molecular complexity index is 712. The molecule has 1 amide bonds. The van der Waals surface area contributed by atoms with E-state index in [1.165, 1.54) is 6.42 Å². The number of amides is 1. The standard InChI is InChI=1S/C23H33ClN2O4/c24-18-6-4-5-17(11-18)13-26-14-19(27)15-29-16-22-21(26)8-7-20(30-22)12-23(28)25-9-2-1-3-10-25/h4-6,11,19-22,27H,1-3,7-10,12-16H2/t19-,20+,21-,22+/m1/s1. The third-order valence-corrected chi connectivity index (χ3v) is 6.71. The second kappa shape index (κ2) is 10.4. The summed E-state index contributed by atoms with van der Waals surface area (Å²) in [4.78, 5) is 17.0. The number of carbonyl (C=O) groups excluding carboxylic acids is 1. The molecule has 0 bridgehead atoms. The van der Waals surface area contributed by atoms with Crippen molar-refractivity contribution < 1.29 is 19.4 Å². The van der Waals surface area contributed by atoms with Crippen LogP contribution < -0.4 is 0 Å². The van der Waals surface area contributed by atoms with Crippen molar-refractivity contribution in [3.8, 4) is 0 Å². The summed E-state index contributed by atoms with van der Waals surface area (Å²) in [6.45, 7) is 3.75. The van der Waals surface area contributed by atoms with Crippen molar-refractivity contribution in [2.75, 3.05) is 32.8 Å². The predicted octanol–water partition coefficient (Wildman–Crippen LogP) is 2.85. The lowest BCUT2D eigenvalue weighted by atomic mass is 9.94. The van der Waals surface area contributed by atoms with Gasteiger partial charge in [0.2, 0.25) is 5.91 Å². The summed E-state index contributed by atoms with van der Waals surface area (Å²) in [5.74, 6) is 0.219. The number of rotatable bonds is 4. The Hall–Kier alpha value is -1.18. The van der Waals surface area contributed by atoms with E-state index in [-0.39, 0.29) is 24.2 Å². The van der Waals surface area contributed by atoms with E-state index in [1.54, 1.807) is 0 Å². The van der Waals surface area contributed by atoms with Gasteiger partial charge >= 0.3 is 0 Å². The van der Waals surface area contributed by atoms with Gasteiger partial charge in [0.15, 0.2) is 0 Å². The molecule has 0 aromatic heterocycles. The normalized spacial score (nSPS) is 30.9. The van der Waals surface area contributed by atoms with E-state index < -0.39 is 6.10 Å². The Morgan fingerprint density at radius 1 is 1.17 bits per heavy atom. The molecule has 0 radical (unpaired) electrons. The fourth-order valence-electron chi connectivity index (χ4n) is 4.96. The molecule has 3 heterocycles. The number of benzene rings is 1. The average Bonchev–Trinajstić information content (AvgIpc) is 2.73. The molecule has 7 heteroatoms. The first-order valence-electron chi connectivity index (χ1n) is 11.3. The molecule has 3 aliphatic heterocycles. The zero-order valence-corrected chi connectivity index (χ0v) is 18.3. The Balaban J connectivity index is 1.40. The number of hydrogen-bond acceptors (Lipinski definition) is 5. The molecule has 30 heavy (non-hydrogen) atoms. The third-order valence-electron chi connectivity index (χ3n) is 6.47. The zero-order chi connectivity index (χ0) is 20.9. The van der Waals surface area contributed by atoms with Crippen molar-refractivity contribution in [3.05, 3.63) is 34.9 Å². The fourth-order valence-corrected chi connectivity index (χ4v) is 5.18. The fraction of sp³-hybridized carbons (Fsp3) is 0.696. The number of nitrogens with zero attached hydrogens (tertiary/aromatic N) is 2. The van der Waals surface area contributed by atoms with E-state index in [1.807, 2.05) is 23.1 Å². The van der Waals surface area contributed by atoms with Crippen LogP contribution in [-0.2, 0) is 20.8 Å². The van der Waals surface area contributed by atoms with E-state index in [9.17, 15) is 9.90 Å². The summed E-state index contributed by atoms with van der Waals surface area (Å²) in [6, 6.07) is 8.02. The van der Waals surface area contributed by atoms with Gasteiger partial charge < -0.3 is 19.5 Å². The van der Waals surface area contributed by atoms with Gasteiger partial charge in [0.1, 0.15) is 0 Å². The quantitative estimate of drug-likeness (QED) is 0.786. The van der Waals surface area contributed by atoms with Gasteiger partial charge in [-0.2, -0.15) is 0 Å². The molecule has 4 rings (SSSR count). The highest BCUT2D eigenvalue weighted by Crippen LogP contribution is 2.29. The SMILES string of the molecule is O=C(C[C@@H]1CC[C@@H]2[C@H](COC[C@H](O)CN2Cc2cccc(Cl)c2)O1)N1CCCCC1. The number of carbonyl (C=O) groups is 1. The van der Waals surface area contributed by atoms with Crippen molar-refractivity contribution in [2.24, 2.45) is 0 Å². The summed E-state index contributed by atoms with van der Waals surface area (Å²) in [5.41, 5.74) is 1.12. The Morgan fingerprint density at radius 2 is 2.00 bits per heavy atom. The number of ether oxygens (including phenoxy) is 2. The van der Waals surface area contributed by atoms with Gasteiger partial charge in [-0.25, -0.2) is 0 Å². The molecular formula is C23H33ClN2O4. The first-order valence-corrected chi connectivity index (χ1v) is 11.6. The molecule has 1 aromatic carbocycles. The van der Waals surface area contributed by atoms with Crippen molar-refractivity contribution in [2.45, 2.75) is 69.4 Å². The van der Waals surface area contributed by atoms with Gasteiger partial charge in [0.25, 0.3) is 0 Å². The van der Waals surface area contributed by atoms with Gasteiger partial charge in [-0.3, -0.25) is 9.69 Å². The van der Waals surface area contributed by atoms with Crippen LogP contribution in [0.4, 0.5) is 0 Å². The molecule has 0 unspecified atom stereocenters. The van der Waals surface area contributed by atoms with Gasteiger partial charge in [0, 0.05) is 37.2 Å². The lowest BCUT2D eigenvalue weighted by Crippen LogP contribution is -2.55. The third kappa shape index (κ3) is 5.74. The highest BCUT2D eigenvalue weighted by atomic mass is 35.5. The molecule has 4 atom stereocenters. The first kappa shape index (κ1) is 22.0. The molecule has 1 aromatic rings. The Kier molecular flexibility index (Phi) is 7.65. The minimum absolute atomic E-state index is 0.0540. The first-order chi connectivity index (χ1) is 14.6. The highest BCUT2D eigenvalue weighted by Gasteiger charge is 2.38. The lowest BCUT2D eigenvalue weighted by Gasteiger charge is -2.44. The van der Waals surface area contributed by atoms with Crippen LogP contribution in [0.15, 0.2) is 24.3 Å². The summed E-state index contributed by atoms with van der Waals surface area (Å²) >= 11 is 6.17. The number of aliphatic hydroxyl groups excluding tert-OH is 1. The number of aliphatic hydroxyl groups is 1. The van der Waals surface area contributed by atoms with Crippen molar-refractivity contribution in [1.29, 1.82) is 0 Å². The van der Waals surface area contributed by atoms with Crippen molar-refractivity contribution >= 4 is 17.5 Å². The van der Waals surface area contributed by atoms with E-state index in [4.69, 9.17) is 21.1 Å². The largest absolute Gasteiger partial charge is 0.389 e. The Morgan fingerprint density at radius 3 is 2.80 bits per heavy atom. The molecular weight excluding hydrogens is 404 g/mol. The highest BCUT2D eigenvalue weighted by molar-refractivity contribution is 6.30. The van der Waals surface area contributed by atoms with Crippen LogP contribution in [-0.4, -0.2) is 78.0 Å². The van der Waals surface area contributed by atoms with Gasteiger partial charge in [-0.1, -0.05) is 23.7 Å². The number of β-amino-alcohol motifs (C(OH)–C–C–N with tert-alkyl or cyclic N) is 1. The van der Waals surface area contributed by atoms with Crippen LogP contribution in [0.2, 0.25) is 5.02 Å². The zero-order valence-electron chi connectivity index (χ0n) is 17.5. The van der Waals surface area contributed by atoms with Crippen LogP contribution in [0, 0.1) is 0 Å². The van der Waals surface area contributed by atoms with Crippen molar-refractivity contribution in [1.82, 2.24) is 9.80 Å². The second-order valence-electron chi connectivity index (χ2n) is 8.84. The number of likely N-dealkylation sites (tertiary alicyclic amines) is 1. The van der Waals surface area contributed by atoms with E-state index in [2.05, 4.69) is 11.0 Å². The maximum Gasteiger partial charge on any atom is 0.225 e. The second-order valence-corrected chi connectivity index (χ2v) is 9.27. The minimum Gasteiger partial charge on any atom is -0.389 e. The number of halogens is 1. The lowest BCUT2D eigenvalue weighted by molar-refractivity contribution is -0.161. The van der Waals surface area contributed by atoms with Crippen LogP contribution in [0.3, 0.4) is 0 Å². The monoisotopic (exact) mass is 436 g/mol. The summed E-state index contributed by atoms with van der Waals surface area (Å²) in [5, 5.41) is 11.1. The van der Waals surface area contributed by atoms with Crippen LogP contribution in [0.25, 0.3) is 0 Å². The Labute approximate surface area is 184 Å². The minimum atomic E-state index is -0.525. The smallest absolute Gasteiger partial charge is 0.225 e. The van der Waals surface area contributed by atoms with Crippen LogP contribution >= 0.6 is 11.6 Å². The average molecular weight is 437 g/mol. The summed E-state index contributed by atoms with van der Waals surface area (Å²) in [6.07, 6.45) is 5.00. The van der Waals surface area contributed by atoms with E-state index >= 15 is 0 Å². The predicted molar refractivity (Wildman–Crippen MR) is 115 cm³/mol. The topological polar surface area (TPSA) is 62.2 Å². The van der Waals surface area contributed by atoms with Gasteiger partial charge in [-0.05, 0) is 49.8 Å². The number of fused-ring (bicyclic) bond motifs is 1. The van der Waals surface area contributed by atoms with E-state index in [0.29, 0.717) is 32.7 Å². The van der Waals surface area contributed by atoms with Crippen LogP contribution in [0.1, 0.15) is 44.1 Å². The van der Waals surface area contributed by atoms with Crippen molar-refractivity contribution in [3.63, 3.8) is 0 Å². The number of piperidine rings is 1. The summed E-state index contributed by atoms with van der Waals surface area (Å²) < 4.78 is 12.1. The molecule has 166 valence electrons. The molecule has 3 aliphatic rings. The molecule has 3 fully saturated rings. The molecule has 1 N–H and O–H groups in total. The van der Waals surface area contributed by atoms with Gasteiger partial charge in [-0.15, -0.1) is 0 Å². The maximum absolute atomic E-state index is 12.7.